The van der Waals surface area contributed by atoms with Crippen LogP contribution in [0.1, 0.15) is 20.8 Å². The van der Waals surface area contributed by atoms with Crippen molar-refractivity contribution in [2.45, 2.75) is 26.3 Å². The third kappa shape index (κ3) is 3.64. The number of nitrogens with two attached hydrogens (primary N) is 1. The maximum absolute atomic E-state index is 6.57. The molecule has 0 aliphatic carbocycles. The molecule has 0 bridgehead atoms. The molecule has 0 spiro atoms. The molecule has 1 aliphatic rings. The van der Waals surface area contributed by atoms with Gasteiger partial charge in [-0.25, -0.2) is 9.67 Å². The monoisotopic (exact) mass is 427 g/mol. The number of rotatable bonds is 3. The third-order valence-corrected chi connectivity index (χ3v) is 5.92. The number of anilines is 3. The van der Waals surface area contributed by atoms with Gasteiger partial charge in [-0.3, -0.25) is 0 Å². The number of hydrogen-bond acceptors (Lipinski definition) is 6. The zero-order chi connectivity index (χ0) is 22.3. The van der Waals surface area contributed by atoms with Crippen LogP contribution in [0.25, 0.3) is 22.3 Å². The summed E-state index contributed by atoms with van der Waals surface area (Å²) >= 11 is 0. The molecule has 7 nitrogen and oxygen atoms in total. The maximum atomic E-state index is 6.57. The van der Waals surface area contributed by atoms with Gasteiger partial charge in [-0.15, -0.1) is 5.10 Å². The minimum absolute atomic E-state index is 0.250. The average molecular weight is 428 g/mol. The topological polar surface area (TPSA) is 76.1 Å². The second kappa shape index (κ2) is 7.82. The largest absolute Gasteiger partial charge is 0.383 e. The molecule has 0 atom stereocenters. The first kappa shape index (κ1) is 20.3. The fourth-order valence-corrected chi connectivity index (χ4v) is 4.26. The van der Waals surface area contributed by atoms with Gasteiger partial charge in [0, 0.05) is 37.4 Å². The Morgan fingerprint density at radius 3 is 2.00 bits per heavy atom. The highest BCUT2D eigenvalue weighted by atomic mass is 15.4. The van der Waals surface area contributed by atoms with Gasteiger partial charge in [-0.2, -0.15) is 4.98 Å². The standard InChI is InChI=1S/C25H29N7/c1-25(2,3)32-22(26)20-21(18-10-6-4-7-11-18)27-24(28-23(20)29-32)31-16-14-30(15-17-31)19-12-8-5-9-13-19/h4-13H,14-17,26H2,1-3H3. The van der Waals surface area contributed by atoms with Crippen LogP contribution in [0.3, 0.4) is 0 Å². The van der Waals surface area contributed by atoms with E-state index in [2.05, 4.69) is 73.0 Å². The van der Waals surface area contributed by atoms with Gasteiger partial charge in [0.05, 0.1) is 16.6 Å². The van der Waals surface area contributed by atoms with Crippen LogP contribution >= 0.6 is 0 Å². The van der Waals surface area contributed by atoms with Crippen molar-refractivity contribution in [1.29, 1.82) is 0 Å². The second-order valence-corrected chi connectivity index (χ2v) is 9.21. The molecule has 2 aromatic carbocycles. The molecule has 1 fully saturated rings. The number of piperazine rings is 1. The van der Waals surface area contributed by atoms with Crippen LogP contribution in [0, 0.1) is 0 Å². The van der Waals surface area contributed by atoms with E-state index >= 15 is 0 Å². The van der Waals surface area contributed by atoms with Crippen molar-refractivity contribution >= 4 is 28.5 Å². The molecule has 0 radical (unpaired) electrons. The molecule has 0 amide bonds. The summed E-state index contributed by atoms with van der Waals surface area (Å²) in [7, 11) is 0. The van der Waals surface area contributed by atoms with Crippen LogP contribution in [0.15, 0.2) is 60.7 Å². The first-order chi connectivity index (χ1) is 15.4. The van der Waals surface area contributed by atoms with Gasteiger partial charge < -0.3 is 15.5 Å². The summed E-state index contributed by atoms with van der Waals surface area (Å²) < 4.78 is 1.86. The Morgan fingerprint density at radius 1 is 0.781 bits per heavy atom. The number of benzene rings is 2. The lowest BCUT2D eigenvalue weighted by Gasteiger charge is -2.36. The van der Waals surface area contributed by atoms with E-state index in [4.69, 9.17) is 20.8 Å². The lowest BCUT2D eigenvalue weighted by atomic mass is 10.1. The fourth-order valence-electron chi connectivity index (χ4n) is 4.26. The molecule has 0 saturated carbocycles. The summed E-state index contributed by atoms with van der Waals surface area (Å²) in [6.07, 6.45) is 0. The van der Waals surface area contributed by atoms with Gasteiger partial charge >= 0.3 is 0 Å². The van der Waals surface area contributed by atoms with Gasteiger partial charge in [0.25, 0.3) is 0 Å². The van der Waals surface area contributed by atoms with E-state index in [-0.39, 0.29) is 5.54 Å². The zero-order valence-corrected chi connectivity index (χ0v) is 18.9. The molecule has 3 heterocycles. The molecule has 5 rings (SSSR count). The maximum Gasteiger partial charge on any atom is 0.228 e. The highest BCUT2D eigenvalue weighted by Gasteiger charge is 2.26. The van der Waals surface area contributed by atoms with E-state index in [0.29, 0.717) is 17.4 Å². The SMILES string of the molecule is CC(C)(C)n1nc2nc(N3CCN(c4ccccc4)CC3)nc(-c3ccccc3)c2c1N. The highest BCUT2D eigenvalue weighted by molar-refractivity contribution is 5.99. The summed E-state index contributed by atoms with van der Waals surface area (Å²) in [5, 5.41) is 5.61. The van der Waals surface area contributed by atoms with Gasteiger partial charge in [-0.1, -0.05) is 48.5 Å². The van der Waals surface area contributed by atoms with Crippen LogP contribution in [0.5, 0.6) is 0 Å². The molecule has 164 valence electrons. The number of nitrogens with zero attached hydrogens (tertiary/aromatic N) is 6. The van der Waals surface area contributed by atoms with Crippen molar-refractivity contribution in [2.24, 2.45) is 0 Å². The predicted molar refractivity (Wildman–Crippen MR) is 131 cm³/mol. The molecule has 0 unspecified atom stereocenters. The van der Waals surface area contributed by atoms with Crippen molar-refractivity contribution in [2.75, 3.05) is 41.7 Å². The van der Waals surface area contributed by atoms with Crippen LogP contribution in [-0.2, 0) is 5.54 Å². The number of para-hydroxylation sites is 1. The lowest BCUT2D eigenvalue weighted by Crippen LogP contribution is -2.47. The second-order valence-electron chi connectivity index (χ2n) is 9.21. The Labute approximate surface area is 188 Å². The molecular formula is C25H29N7. The fraction of sp³-hybridized carbons (Fsp3) is 0.320. The molecule has 1 saturated heterocycles. The minimum Gasteiger partial charge on any atom is -0.383 e. The van der Waals surface area contributed by atoms with Crippen LogP contribution < -0.4 is 15.5 Å². The van der Waals surface area contributed by atoms with E-state index in [9.17, 15) is 0 Å². The summed E-state index contributed by atoms with van der Waals surface area (Å²) in [4.78, 5) is 14.5. The van der Waals surface area contributed by atoms with Crippen molar-refractivity contribution in [3.8, 4) is 11.3 Å². The Kier molecular flexibility index (Phi) is 4.96. The van der Waals surface area contributed by atoms with E-state index < -0.39 is 0 Å². The molecule has 1 aliphatic heterocycles. The smallest absolute Gasteiger partial charge is 0.228 e. The average Bonchev–Trinajstić information content (AvgIpc) is 3.17. The Balaban J connectivity index is 1.54. The number of aromatic nitrogens is 4. The lowest BCUT2D eigenvalue weighted by molar-refractivity contribution is 0.364. The minimum atomic E-state index is -0.250. The van der Waals surface area contributed by atoms with Crippen LogP contribution in [-0.4, -0.2) is 45.9 Å². The van der Waals surface area contributed by atoms with Crippen molar-refractivity contribution in [3.63, 3.8) is 0 Å². The van der Waals surface area contributed by atoms with Gasteiger partial charge in [0.2, 0.25) is 5.95 Å². The van der Waals surface area contributed by atoms with E-state index in [1.807, 2.05) is 22.9 Å². The van der Waals surface area contributed by atoms with Gasteiger partial charge in [0.15, 0.2) is 5.65 Å². The van der Waals surface area contributed by atoms with Gasteiger partial charge in [0.1, 0.15) is 5.82 Å². The van der Waals surface area contributed by atoms with Crippen molar-refractivity contribution in [3.05, 3.63) is 60.7 Å². The first-order valence-electron chi connectivity index (χ1n) is 11.1. The molecule has 4 aromatic rings. The highest BCUT2D eigenvalue weighted by Crippen LogP contribution is 2.34. The molecule has 32 heavy (non-hydrogen) atoms. The van der Waals surface area contributed by atoms with Crippen LogP contribution in [0.4, 0.5) is 17.5 Å². The summed E-state index contributed by atoms with van der Waals surface area (Å²) in [5.74, 6) is 1.31. The molecular weight excluding hydrogens is 398 g/mol. The Bertz CT molecular complexity index is 1220. The van der Waals surface area contributed by atoms with Crippen molar-refractivity contribution in [1.82, 2.24) is 19.7 Å². The predicted octanol–water partition coefficient (Wildman–Crippen LogP) is 4.16. The quantitative estimate of drug-likeness (QED) is 0.529. The van der Waals surface area contributed by atoms with E-state index in [0.717, 1.165) is 42.8 Å². The summed E-state index contributed by atoms with van der Waals surface area (Å²) in [5.41, 5.74) is 10.1. The molecule has 2 N–H and O–H groups in total. The van der Waals surface area contributed by atoms with E-state index in [1.54, 1.807) is 0 Å². The van der Waals surface area contributed by atoms with Crippen molar-refractivity contribution < 1.29 is 0 Å². The number of nitrogen functional groups attached to an aromatic ring is 1. The number of fused-ring (bicyclic) bond motifs is 1. The van der Waals surface area contributed by atoms with Gasteiger partial charge in [-0.05, 0) is 32.9 Å². The van der Waals surface area contributed by atoms with Crippen LogP contribution in [0.2, 0.25) is 0 Å². The molecule has 7 heteroatoms. The zero-order valence-electron chi connectivity index (χ0n) is 18.9. The number of hydrogen-bond donors (Lipinski definition) is 1. The van der Waals surface area contributed by atoms with E-state index in [1.165, 1.54) is 5.69 Å². The normalized spacial score (nSPS) is 14.8. The summed E-state index contributed by atoms with van der Waals surface area (Å²) in [6.45, 7) is 9.82. The third-order valence-electron chi connectivity index (χ3n) is 5.92. The first-order valence-corrected chi connectivity index (χ1v) is 11.1. The molecule has 2 aromatic heterocycles. The Morgan fingerprint density at radius 2 is 1.38 bits per heavy atom. The summed E-state index contributed by atoms with van der Waals surface area (Å²) in [6, 6.07) is 20.7. The Hall–Kier alpha value is -3.61.